The van der Waals surface area contributed by atoms with Gasteiger partial charge in [-0.15, -0.1) is 10.2 Å². The van der Waals surface area contributed by atoms with Crippen molar-refractivity contribution in [1.82, 2.24) is 15.5 Å². The lowest BCUT2D eigenvalue weighted by atomic mass is 9.98. The third kappa shape index (κ3) is 3.11. The molecule has 0 aliphatic carbocycles. The number of rotatable bonds is 3. The van der Waals surface area contributed by atoms with Gasteiger partial charge in [-0.1, -0.05) is 12.1 Å². The topological polar surface area (TPSA) is 80.0 Å². The van der Waals surface area contributed by atoms with E-state index in [4.69, 9.17) is 4.42 Å². The molecule has 1 fully saturated rings. The Morgan fingerprint density at radius 3 is 2.95 bits per heavy atom. The third-order valence-electron chi connectivity index (χ3n) is 3.61. The van der Waals surface area contributed by atoms with E-state index in [2.05, 4.69) is 20.8 Å². The summed E-state index contributed by atoms with van der Waals surface area (Å²) >= 11 is 0. The highest BCUT2D eigenvalue weighted by Crippen LogP contribution is 2.27. The number of aromatic nitrogens is 2. The number of carbonyl (C=O) groups is 1. The van der Waals surface area contributed by atoms with Gasteiger partial charge in [0.15, 0.2) is 0 Å². The van der Waals surface area contributed by atoms with Gasteiger partial charge in [0, 0.05) is 13.5 Å². The van der Waals surface area contributed by atoms with E-state index in [1.54, 1.807) is 6.92 Å². The molecule has 1 amide bonds. The van der Waals surface area contributed by atoms with Crippen LogP contribution < -0.4 is 10.6 Å². The van der Waals surface area contributed by atoms with Gasteiger partial charge in [0.1, 0.15) is 0 Å². The Morgan fingerprint density at radius 2 is 2.24 bits per heavy atom. The molecule has 1 aromatic heterocycles. The summed E-state index contributed by atoms with van der Waals surface area (Å²) in [6, 6.07) is 7.47. The van der Waals surface area contributed by atoms with Gasteiger partial charge >= 0.3 is 0 Å². The van der Waals surface area contributed by atoms with Gasteiger partial charge in [-0.05, 0) is 31.5 Å². The van der Waals surface area contributed by atoms with Gasteiger partial charge in [0.2, 0.25) is 17.7 Å². The Kier molecular flexibility index (Phi) is 3.96. The fourth-order valence-corrected chi connectivity index (χ4v) is 2.49. The number of amides is 1. The zero-order valence-electron chi connectivity index (χ0n) is 11.9. The van der Waals surface area contributed by atoms with Crippen LogP contribution in [0.25, 0.3) is 11.5 Å². The van der Waals surface area contributed by atoms with Crippen LogP contribution in [-0.4, -0.2) is 29.2 Å². The van der Waals surface area contributed by atoms with E-state index in [0.717, 1.165) is 31.5 Å². The molecule has 1 aliphatic heterocycles. The molecule has 2 N–H and O–H groups in total. The molecular weight excluding hydrogens is 268 g/mol. The number of carbonyl (C=O) groups excluding carboxylic acids is 1. The predicted octanol–water partition coefficient (Wildman–Crippen LogP) is 1.98. The average molecular weight is 286 g/mol. The van der Waals surface area contributed by atoms with E-state index in [0.29, 0.717) is 17.5 Å². The molecular formula is C15H18N4O2. The molecule has 3 rings (SSSR count). The van der Waals surface area contributed by atoms with Crippen molar-refractivity contribution in [3.8, 4) is 11.5 Å². The van der Waals surface area contributed by atoms with Gasteiger partial charge in [0.05, 0.1) is 17.2 Å². The molecule has 1 aromatic carbocycles. The molecule has 0 spiro atoms. The van der Waals surface area contributed by atoms with Crippen molar-refractivity contribution in [3.63, 3.8) is 0 Å². The molecule has 0 saturated carbocycles. The van der Waals surface area contributed by atoms with Crippen LogP contribution in [0, 0.1) is 12.8 Å². The summed E-state index contributed by atoms with van der Waals surface area (Å²) < 4.78 is 5.45. The van der Waals surface area contributed by atoms with E-state index in [-0.39, 0.29) is 11.8 Å². The maximum atomic E-state index is 12.3. The Balaban J connectivity index is 1.80. The van der Waals surface area contributed by atoms with E-state index in [9.17, 15) is 4.79 Å². The number of aryl methyl sites for hydroxylation is 1. The van der Waals surface area contributed by atoms with E-state index < -0.39 is 0 Å². The first-order valence-corrected chi connectivity index (χ1v) is 7.15. The molecule has 1 unspecified atom stereocenters. The molecule has 6 nitrogen and oxygen atoms in total. The molecule has 1 atom stereocenters. The Hall–Kier alpha value is -2.21. The lowest BCUT2D eigenvalue weighted by Crippen LogP contribution is -2.37. The molecule has 21 heavy (non-hydrogen) atoms. The van der Waals surface area contributed by atoms with E-state index in [1.807, 2.05) is 24.3 Å². The first-order chi connectivity index (χ1) is 10.2. The Labute approximate surface area is 123 Å². The smallest absolute Gasteiger partial charge is 0.249 e. The largest absolute Gasteiger partial charge is 0.421 e. The fourth-order valence-electron chi connectivity index (χ4n) is 2.49. The van der Waals surface area contributed by atoms with Crippen molar-refractivity contribution in [1.29, 1.82) is 0 Å². The van der Waals surface area contributed by atoms with Crippen LogP contribution in [0.1, 0.15) is 18.7 Å². The minimum atomic E-state index is 0.0104. The minimum absolute atomic E-state index is 0.0104. The van der Waals surface area contributed by atoms with E-state index in [1.165, 1.54) is 0 Å². The second-order valence-corrected chi connectivity index (χ2v) is 5.20. The lowest BCUT2D eigenvalue weighted by Gasteiger charge is -2.22. The number of hydrogen-bond donors (Lipinski definition) is 2. The summed E-state index contributed by atoms with van der Waals surface area (Å²) in [4.78, 5) is 12.3. The number of nitrogens with one attached hydrogen (secondary N) is 2. The normalized spacial score (nSPS) is 18.4. The van der Waals surface area contributed by atoms with Crippen LogP contribution >= 0.6 is 0 Å². The van der Waals surface area contributed by atoms with Crippen LogP contribution in [-0.2, 0) is 4.79 Å². The zero-order chi connectivity index (χ0) is 14.7. The molecule has 0 bridgehead atoms. The predicted molar refractivity (Wildman–Crippen MR) is 78.7 cm³/mol. The average Bonchev–Trinajstić information content (AvgIpc) is 2.95. The van der Waals surface area contributed by atoms with Crippen molar-refractivity contribution >= 4 is 11.6 Å². The SMILES string of the molecule is Cc1nnc(-c2ccccc2NC(=O)C2CCCNC2)o1. The summed E-state index contributed by atoms with van der Waals surface area (Å²) in [5.74, 6) is 0.967. The summed E-state index contributed by atoms with van der Waals surface area (Å²) in [5, 5.41) is 14.1. The van der Waals surface area contributed by atoms with Crippen LogP contribution in [0.5, 0.6) is 0 Å². The third-order valence-corrected chi connectivity index (χ3v) is 3.61. The Morgan fingerprint density at radius 1 is 1.38 bits per heavy atom. The second kappa shape index (κ2) is 6.05. The number of nitrogens with zero attached hydrogens (tertiary/aromatic N) is 2. The van der Waals surface area contributed by atoms with Crippen LogP contribution in [0.4, 0.5) is 5.69 Å². The first-order valence-electron chi connectivity index (χ1n) is 7.15. The van der Waals surface area contributed by atoms with Crippen molar-refractivity contribution in [2.24, 2.45) is 5.92 Å². The molecule has 2 aromatic rings. The van der Waals surface area contributed by atoms with Gasteiger partial charge in [-0.3, -0.25) is 4.79 Å². The highest BCUT2D eigenvalue weighted by Gasteiger charge is 2.22. The maximum Gasteiger partial charge on any atom is 0.249 e. The van der Waals surface area contributed by atoms with Gasteiger partial charge < -0.3 is 15.1 Å². The monoisotopic (exact) mass is 286 g/mol. The first kappa shape index (κ1) is 13.8. The highest BCUT2D eigenvalue weighted by atomic mass is 16.4. The summed E-state index contributed by atoms with van der Waals surface area (Å²) in [5.41, 5.74) is 1.45. The molecule has 2 heterocycles. The van der Waals surface area contributed by atoms with Crippen molar-refractivity contribution in [3.05, 3.63) is 30.2 Å². The quantitative estimate of drug-likeness (QED) is 0.902. The summed E-state index contributed by atoms with van der Waals surface area (Å²) in [6.07, 6.45) is 1.95. The molecule has 110 valence electrons. The highest BCUT2D eigenvalue weighted by molar-refractivity contribution is 5.96. The van der Waals surface area contributed by atoms with Gasteiger partial charge in [0.25, 0.3) is 0 Å². The van der Waals surface area contributed by atoms with Gasteiger partial charge in [-0.2, -0.15) is 0 Å². The number of anilines is 1. The number of piperidine rings is 1. The minimum Gasteiger partial charge on any atom is -0.421 e. The number of benzene rings is 1. The van der Waals surface area contributed by atoms with Crippen LogP contribution in [0.2, 0.25) is 0 Å². The molecule has 1 saturated heterocycles. The standard InChI is InChI=1S/C15H18N4O2/c1-10-18-19-15(21-10)12-6-2-3-7-13(12)17-14(20)11-5-4-8-16-9-11/h2-3,6-7,11,16H,4-5,8-9H2,1H3,(H,17,20). The van der Waals surface area contributed by atoms with Crippen molar-refractivity contribution < 1.29 is 9.21 Å². The Bertz CT molecular complexity index is 632. The fraction of sp³-hybridized carbons (Fsp3) is 0.400. The number of para-hydroxylation sites is 1. The van der Waals surface area contributed by atoms with E-state index >= 15 is 0 Å². The lowest BCUT2D eigenvalue weighted by molar-refractivity contribution is -0.120. The number of hydrogen-bond acceptors (Lipinski definition) is 5. The maximum absolute atomic E-state index is 12.3. The van der Waals surface area contributed by atoms with Crippen LogP contribution in [0.15, 0.2) is 28.7 Å². The van der Waals surface area contributed by atoms with Crippen molar-refractivity contribution in [2.75, 3.05) is 18.4 Å². The summed E-state index contributed by atoms with van der Waals surface area (Å²) in [6.45, 7) is 3.46. The molecule has 0 radical (unpaired) electrons. The van der Waals surface area contributed by atoms with Gasteiger partial charge in [-0.25, -0.2) is 0 Å². The second-order valence-electron chi connectivity index (χ2n) is 5.20. The van der Waals surface area contributed by atoms with Crippen LogP contribution in [0.3, 0.4) is 0 Å². The molecule has 6 heteroatoms. The zero-order valence-corrected chi connectivity index (χ0v) is 11.9. The summed E-state index contributed by atoms with van der Waals surface area (Å²) in [7, 11) is 0. The molecule has 1 aliphatic rings. The van der Waals surface area contributed by atoms with Crippen molar-refractivity contribution in [2.45, 2.75) is 19.8 Å².